The number of benzene rings is 2. The molecule has 0 atom stereocenters. The van der Waals surface area contributed by atoms with Crippen molar-refractivity contribution in [3.8, 4) is 22.1 Å². The van der Waals surface area contributed by atoms with E-state index in [1.165, 1.54) is 5.56 Å². The van der Waals surface area contributed by atoms with Gasteiger partial charge in [-0.15, -0.1) is 36.2 Å². The van der Waals surface area contributed by atoms with Crippen molar-refractivity contribution in [1.82, 2.24) is 9.88 Å². The van der Waals surface area contributed by atoms with Gasteiger partial charge in [-0.05, 0) is 24.1 Å². The predicted molar refractivity (Wildman–Crippen MR) is 130 cm³/mol. The Balaban J connectivity index is 0.00000225. The van der Waals surface area contributed by atoms with E-state index in [9.17, 15) is 0 Å². The van der Waals surface area contributed by atoms with Crippen molar-refractivity contribution in [3.05, 3.63) is 65.2 Å². The molecule has 1 heterocycles. The van der Waals surface area contributed by atoms with Gasteiger partial charge in [0, 0.05) is 37.6 Å². The lowest BCUT2D eigenvalue weighted by Crippen LogP contribution is -2.31. The van der Waals surface area contributed by atoms with Crippen LogP contribution in [0.25, 0.3) is 10.6 Å². The monoisotopic (exact) mass is 469 g/mol. The van der Waals surface area contributed by atoms with Crippen molar-refractivity contribution >= 4 is 36.2 Å². The highest BCUT2D eigenvalue weighted by Gasteiger charge is 2.13. The molecule has 164 valence electrons. The van der Waals surface area contributed by atoms with Crippen LogP contribution in [0.2, 0.25) is 0 Å². The Morgan fingerprint density at radius 1 is 1.00 bits per heavy atom. The highest BCUT2D eigenvalue weighted by molar-refractivity contribution is 7.13. The second kappa shape index (κ2) is 13.5. The molecule has 3 rings (SSSR count). The zero-order chi connectivity index (χ0) is 19.8. The maximum absolute atomic E-state index is 5.83. The van der Waals surface area contributed by atoms with Crippen LogP contribution >= 0.6 is 36.2 Å². The van der Waals surface area contributed by atoms with E-state index in [1.54, 1.807) is 25.6 Å². The molecule has 0 aliphatic carbocycles. The molecule has 30 heavy (non-hydrogen) atoms. The molecule has 0 spiro atoms. The smallest absolute Gasteiger partial charge is 0.132 e. The summed E-state index contributed by atoms with van der Waals surface area (Å²) in [6.45, 7) is 3.24. The highest BCUT2D eigenvalue weighted by atomic mass is 35.5. The quantitative estimate of drug-likeness (QED) is 0.467. The van der Waals surface area contributed by atoms with Gasteiger partial charge in [-0.2, -0.15) is 0 Å². The second-order valence-corrected chi connectivity index (χ2v) is 7.37. The topological polar surface area (TPSA) is 60.6 Å². The summed E-state index contributed by atoms with van der Waals surface area (Å²) in [5.74, 6) is 1.54. The second-order valence-electron chi connectivity index (χ2n) is 6.51. The molecule has 0 radical (unpaired) electrons. The summed E-state index contributed by atoms with van der Waals surface area (Å²) in [6.07, 6.45) is 1.00. The van der Waals surface area contributed by atoms with E-state index in [-0.39, 0.29) is 24.8 Å². The lowest BCUT2D eigenvalue weighted by Gasteiger charge is -2.20. The van der Waals surface area contributed by atoms with Crippen molar-refractivity contribution in [2.45, 2.75) is 13.0 Å². The molecule has 0 saturated heterocycles. The van der Waals surface area contributed by atoms with Gasteiger partial charge < -0.3 is 15.2 Å². The number of aromatic nitrogens is 1. The van der Waals surface area contributed by atoms with Gasteiger partial charge in [-0.25, -0.2) is 4.98 Å². The summed E-state index contributed by atoms with van der Waals surface area (Å²) in [7, 11) is 3.32. The number of nitrogens with zero attached hydrogens (tertiary/aromatic N) is 2. The van der Waals surface area contributed by atoms with E-state index >= 15 is 0 Å². The molecule has 0 amide bonds. The third-order valence-electron chi connectivity index (χ3n) is 4.58. The van der Waals surface area contributed by atoms with E-state index in [1.807, 2.05) is 24.3 Å². The molecular weight excluding hydrogens is 441 g/mol. The first-order valence-electron chi connectivity index (χ1n) is 9.36. The van der Waals surface area contributed by atoms with E-state index in [2.05, 4.69) is 34.5 Å². The molecular formula is C22H29Cl2N3O2S. The fourth-order valence-electron chi connectivity index (χ4n) is 3.09. The van der Waals surface area contributed by atoms with Gasteiger partial charge >= 0.3 is 0 Å². The zero-order valence-corrected chi connectivity index (χ0v) is 19.7. The Morgan fingerprint density at radius 2 is 1.77 bits per heavy atom. The van der Waals surface area contributed by atoms with E-state index in [0.29, 0.717) is 6.54 Å². The minimum absolute atomic E-state index is 0. The van der Waals surface area contributed by atoms with Crippen LogP contribution in [0.1, 0.15) is 11.3 Å². The number of ether oxygens (including phenoxy) is 2. The summed E-state index contributed by atoms with van der Waals surface area (Å²) < 4.78 is 10.8. The Morgan fingerprint density at radius 3 is 2.43 bits per heavy atom. The Kier molecular flexibility index (Phi) is 11.8. The number of nitrogens with two attached hydrogens (primary N) is 1. The highest BCUT2D eigenvalue weighted by Crippen LogP contribution is 2.35. The molecule has 0 aliphatic heterocycles. The van der Waals surface area contributed by atoms with Crippen LogP contribution < -0.4 is 15.2 Å². The van der Waals surface area contributed by atoms with Crippen molar-refractivity contribution in [1.29, 1.82) is 0 Å². The molecule has 8 heteroatoms. The van der Waals surface area contributed by atoms with Crippen molar-refractivity contribution in [2.75, 3.05) is 33.9 Å². The molecule has 3 aromatic rings. The third kappa shape index (κ3) is 7.15. The molecule has 0 bridgehead atoms. The normalized spacial score (nSPS) is 10.3. The average molecular weight is 470 g/mol. The first-order chi connectivity index (χ1) is 13.7. The summed E-state index contributed by atoms with van der Waals surface area (Å²) in [5, 5.41) is 3.07. The van der Waals surface area contributed by atoms with Crippen LogP contribution in [0.4, 0.5) is 0 Å². The molecule has 5 nitrogen and oxygen atoms in total. The maximum atomic E-state index is 5.83. The Labute approximate surface area is 195 Å². The molecule has 0 aliphatic rings. The van der Waals surface area contributed by atoms with E-state index in [0.717, 1.165) is 53.8 Å². The SMILES string of the molecule is COc1ccc(-c2nc(CN(CCN)CCc3ccccc3)cs2)c(OC)c1.Cl.Cl. The number of thiazole rings is 1. The summed E-state index contributed by atoms with van der Waals surface area (Å²) >= 11 is 1.63. The van der Waals surface area contributed by atoms with E-state index < -0.39 is 0 Å². The molecule has 0 unspecified atom stereocenters. The van der Waals surface area contributed by atoms with Crippen molar-refractivity contribution in [3.63, 3.8) is 0 Å². The van der Waals surface area contributed by atoms with Crippen LogP contribution in [0.15, 0.2) is 53.9 Å². The maximum Gasteiger partial charge on any atom is 0.132 e. The standard InChI is InChI=1S/C22H27N3O2S.2ClH/c1-26-19-8-9-20(21(14-19)27-2)22-24-18(16-28-22)15-25(13-11-23)12-10-17-6-4-3-5-7-17;;/h3-9,14,16H,10-13,15,23H2,1-2H3;2*1H. The lowest BCUT2D eigenvalue weighted by molar-refractivity contribution is 0.274. The fourth-order valence-corrected chi connectivity index (χ4v) is 3.93. The van der Waals surface area contributed by atoms with Gasteiger partial charge in [0.05, 0.1) is 25.5 Å². The fraction of sp³-hybridized carbons (Fsp3) is 0.318. The molecule has 2 N–H and O–H groups in total. The largest absolute Gasteiger partial charge is 0.497 e. The van der Waals surface area contributed by atoms with Crippen LogP contribution in [-0.4, -0.2) is 43.7 Å². The minimum Gasteiger partial charge on any atom is -0.497 e. The first-order valence-corrected chi connectivity index (χ1v) is 10.2. The minimum atomic E-state index is 0. The summed E-state index contributed by atoms with van der Waals surface area (Å²) in [6, 6.07) is 16.3. The first kappa shape index (κ1) is 26.2. The predicted octanol–water partition coefficient (Wildman–Crippen LogP) is 4.67. The third-order valence-corrected chi connectivity index (χ3v) is 5.51. The Hall–Kier alpha value is -1.83. The van der Waals surface area contributed by atoms with Gasteiger partial charge in [0.15, 0.2) is 0 Å². The van der Waals surface area contributed by atoms with Gasteiger partial charge in [-0.3, -0.25) is 4.90 Å². The van der Waals surface area contributed by atoms with Gasteiger partial charge in [-0.1, -0.05) is 30.3 Å². The number of halogens is 2. The number of rotatable bonds is 10. The van der Waals surface area contributed by atoms with Gasteiger partial charge in [0.1, 0.15) is 16.5 Å². The van der Waals surface area contributed by atoms with Gasteiger partial charge in [0.2, 0.25) is 0 Å². The Bertz CT molecular complexity index is 878. The molecule has 2 aromatic carbocycles. The summed E-state index contributed by atoms with van der Waals surface area (Å²) in [5.41, 5.74) is 9.20. The lowest BCUT2D eigenvalue weighted by atomic mass is 10.1. The number of hydrogen-bond acceptors (Lipinski definition) is 6. The van der Waals surface area contributed by atoms with Crippen LogP contribution in [0.3, 0.4) is 0 Å². The molecule has 0 fully saturated rings. The number of hydrogen-bond donors (Lipinski definition) is 1. The van der Waals surface area contributed by atoms with Crippen LogP contribution in [-0.2, 0) is 13.0 Å². The average Bonchev–Trinajstić information content (AvgIpc) is 3.20. The zero-order valence-electron chi connectivity index (χ0n) is 17.2. The van der Waals surface area contributed by atoms with Crippen LogP contribution in [0, 0.1) is 0 Å². The summed E-state index contributed by atoms with van der Waals surface area (Å²) in [4.78, 5) is 7.20. The molecule has 1 aromatic heterocycles. The van der Waals surface area contributed by atoms with Crippen molar-refractivity contribution < 1.29 is 9.47 Å². The van der Waals surface area contributed by atoms with E-state index in [4.69, 9.17) is 20.2 Å². The molecule has 0 saturated carbocycles. The van der Waals surface area contributed by atoms with Crippen LogP contribution in [0.5, 0.6) is 11.5 Å². The van der Waals surface area contributed by atoms with Crippen molar-refractivity contribution in [2.24, 2.45) is 5.73 Å². The van der Waals surface area contributed by atoms with Gasteiger partial charge in [0.25, 0.3) is 0 Å². The number of methoxy groups -OCH3 is 2.